The lowest BCUT2D eigenvalue weighted by Gasteiger charge is -2.05. The van der Waals surface area contributed by atoms with E-state index in [2.05, 4.69) is 0 Å². The Hall–Kier alpha value is -0.760. The summed E-state index contributed by atoms with van der Waals surface area (Å²) in [7, 11) is 0. The van der Waals surface area contributed by atoms with Crippen molar-refractivity contribution in [2.24, 2.45) is 0 Å². The van der Waals surface area contributed by atoms with Crippen molar-refractivity contribution < 1.29 is 9.50 Å². The van der Waals surface area contributed by atoms with Gasteiger partial charge in [0.2, 0.25) is 0 Å². The van der Waals surface area contributed by atoms with Crippen molar-refractivity contribution in [2.75, 3.05) is 0 Å². The van der Waals surface area contributed by atoms with Crippen molar-refractivity contribution in [2.45, 2.75) is 0 Å². The van der Waals surface area contributed by atoms with E-state index in [4.69, 9.17) is 11.6 Å². The van der Waals surface area contributed by atoms with E-state index < -0.39 is 5.82 Å². The molecule has 0 bridgehead atoms. The molecule has 0 aliphatic carbocycles. The molecule has 0 aliphatic rings. The molecule has 0 spiro atoms. The number of rotatable bonds is 0. The van der Waals surface area contributed by atoms with Gasteiger partial charge in [-0.2, -0.15) is 0 Å². The van der Waals surface area contributed by atoms with E-state index >= 15 is 0 Å². The van der Waals surface area contributed by atoms with Crippen LogP contribution in [0.15, 0.2) is 18.2 Å². The first kappa shape index (κ1) is 6.36. The summed E-state index contributed by atoms with van der Waals surface area (Å²) in [4.78, 5) is 0. The molecule has 0 radical (unpaired) electrons. The smallest absolute Gasteiger partial charge is 0.124 e. The van der Waals surface area contributed by atoms with Crippen LogP contribution in [0.1, 0.15) is 0 Å². The van der Waals surface area contributed by atoms with E-state index in [9.17, 15) is 9.50 Å². The lowest BCUT2D eigenvalue weighted by Crippen LogP contribution is -1.89. The molecule has 48 valence electrons. The van der Waals surface area contributed by atoms with Gasteiger partial charge in [0.05, 0.1) is 0 Å². The van der Waals surface area contributed by atoms with Crippen LogP contribution in [0, 0.1) is 5.82 Å². The zero-order valence-electron chi connectivity index (χ0n) is 4.40. The van der Waals surface area contributed by atoms with Gasteiger partial charge in [0.25, 0.3) is 0 Å². The molecule has 0 unspecified atom stereocenters. The van der Waals surface area contributed by atoms with E-state index in [1.54, 1.807) is 0 Å². The van der Waals surface area contributed by atoms with Gasteiger partial charge >= 0.3 is 0 Å². The average molecular weight is 146 g/mol. The topological polar surface area (TPSA) is 23.1 Å². The summed E-state index contributed by atoms with van der Waals surface area (Å²) in [5.41, 5.74) is 0. The molecular formula is C6H3ClFO-. The number of halogens is 2. The molecule has 9 heavy (non-hydrogen) atoms. The second kappa shape index (κ2) is 2.23. The zero-order chi connectivity index (χ0) is 6.85. The van der Waals surface area contributed by atoms with E-state index in [-0.39, 0.29) is 10.8 Å². The third kappa shape index (κ3) is 1.33. The fourth-order valence-electron chi connectivity index (χ4n) is 0.475. The molecular weight excluding hydrogens is 143 g/mol. The zero-order valence-corrected chi connectivity index (χ0v) is 5.15. The summed E-state index contributed by atoms with van der Waals surface area (Å²) in [5, 5.41) is 10.4. The second-order valence-corrected chi connectivity index (χ2v) is 1.98. The molecule has 0 saturated heterocycles. The molecule has 0 fully saturated rings. The number of hydrogen-bond acceptors (Lipinski definition) is 1. The lowest BCUT2D eigenvalue weighted by atomic mass is 10.3. The van der Waals surface area contributed by atoms with Gasteiger partial charge in [-0.1, -0.05) is 23.4 Å². The molecule has 1 nitrogen and oxygen atoms in total. The van der Waals surface area contributed by atoms with Crippen LogP contribution in [0.2, 0.25) is 5.02 Å². The monoisotopic (exact) mass is 145 g/mol. The fourth-order valence-corrected chi connectivity index (χ4v) is 0.642. The highest BCUT2D eigenvalue weighted by Gasteiger charge is 1.90. The quantitative estimate of drug-likeness (QED) is 0.543. The third-order valence-corrected chi connectivity index (χ3v) is 1.19. The van der Waals surface area contributed by atoms with Gasteiger partial charge in [-0.15, -0.1) is 0 Å². The first-order chi connectivity index (χ1) is 4.20. The molecule has 0 atom stereocenters. The summed E-state index contributed by atoms with van der Waals surface area (Å²) in [5.74, 6) is -0.835. The molecule has 0 aromatic heterocycles. The third-order valence-electron chi connectivity index (χ3n) is 0.894. The van der Waals surface area contributed by atoms with Gasteiger partial charge in [-0.3, -0.25) is 0 Å². The highest BCUT2D eigenvalue weighted by Crippen LogP contribution is 2.19. The summed E-state index contributed by atoms with van der Waals surface area (Å²) in [6, 6.07) is 3.16. The molecule has 0 N–H and O–H groups in total. The van der Waals surface area contributed by atoms with Crippen molar-refractivity contribution in [3.63, 3.8) is 0 Å². The molecule has 0 aliphatic heterocycles. The standard InChI is InChI=1S/C6H4ClFO/c7-5-3-4(8)1-2-6(5)9/h1-3,9H/p-1. The summed E-state index contributed by atoms with van der Waals surface area (Å²) < 4.78 is 12.1. The van der Waals surface area contributed by atoms with Crippen LogP contribution < -0.4 is 5.11 Å². The fraction of sp³-hybridized carbons (Fsp3) is 0. The van der Waals surface area contributed by atoms with Crippen LogP contribution in [0.4, 0.5) is 4.39 Å². The molecule has 0 heterocycles. The van der Waals surface area contributed by atoms with E-state index in [0.29, 0.717) is 0 Å². The van der Waals surface area contributed by atoms with Gasteiger partial charge in [0.15, 0.2) is 0 Å². The summed E-state index contributed by atoms with van der Waals surface area (Å²) in [6.07, 6.45) is 0. The van der Waals surface area contributed by atoms with Crippen LogP contribution >= 0.6 is 11.6 Å². The van der Waals surface area contributed by atoms with Crippen molar-refractivity contribution >= 4 is 11.6 Å². The Balaban J connectivity index is 3.17. The predicted molar refractivity (Wildman–Crippen MR) is 30.9 cm³/mol. The maximum atomic E-state index is 12.1. The minimum absolute atomic E-state index is 0.0741. The lowest BCUT2D eigenvalue weighted by molar-refractivity contribution is -0.268. The Labute approximate surface area is 56.7 Å². The van der Waals surface area contributed by atoms with Crippen molar-refractivity contribution in [1.29, 1.82) is 0 Å². The minimum Gasteiger partial charge on any atom is -0.871 e. The van der Waals surface area contributed by atoms with Crippen LogP contribution in [0.5, 0.6) is 5.75 Å². The van der Waals surface area contributed by atoms with Gasteiger partial charge < -0.3 is 5.11 Å². The van der Waals surface area contributed by atoms with Gasteiger partial charge in [-0.25, -0.2) is 4.39 Å². The van der Waals surface area contributed by atoms with Crippen LogP contribution in [0.25, 0.3) is 0 Å². The Morgan fingerprint density at radius 2 is 2.11 bits per heavy atom. The van der Waals surface area contributed by atoms with Crippen molar-refractivity contribution in [3.05, 3.63) is 29.0 Å². The Morgan fingerprint density at radius 1 is 1.44 bits per heavy atom. The highest BCUT2D eigenvalue weighted by molar-refractivity contribution is 6.31. The average Bonchev–Trinajstić information content (AvgIpc) is 1.80. The summed E-state index contributed by atoms with van der Waals surface area (Å²) >= 11 is 5.26. The van der Waals surface area contributed by atoms with Crippen LogP contribution in [-0.4, -0.2) is 0 Å². The predicted octanol–water partition coefficient (Wildman–Crippen LogP) is 1.55. The first-order valence-electron chi connectivity index (χ1n) is 2.32. The maximum absolute atomic E-state index is 12.1. The second-order valence-electron chi connectivity index (χ2n) is 1.57. The Morgan fingerprint density at radius 3 is 2.56 bits per heavy atom. The van der Waals surface area contributed by atoms with Crippen molar-refractivity contribution in [3.8, 4) is 5.75 Å². The van der Waals surface area contributed by atoms with E-state index in [0.717, 1.165) is 18.2 Å². The molecule has 0 amide bonds. The van der Waals surface area contributed by atoms with E-state index in [1.165, 1.54) is 0 Å². The molecule has 0 saturated carbocycles. The van der Waals surface area contributed by atoms with Gasteiger partial charge in [0, 0.05) is 5.02 Å². The Bertz CT molecular complexity index is 224. The van der Waals surface area contributed by atoms with Gasteiger partial charge in [-0.05, 0) is 12.1 Å². The normalized spacial score (nSPS) is 9.56. The largest absolute Gasteiger partial charge is 0.871 e. The Kier molecular flexibility index (Phi) is 1.58. The van der Waals surface area contributed by atoms with Crippen LogP contribution in [0.3, 0.4) is 0 Å². The number of benzene rings is 1. The van der Waals surface area contributed by atoms with E-state index in [1.807, 2.05) is 0 Å². The highest BCUT2D eigenvalue weighted by atomic mass is 35.5. The molecule has 1 aromatic rings. The molecule has 1 rings (SSSR count). The van der Waals surface area contributed by atoms with Gasteiger partial charge in [0.1, 0.15) is 5.82 Å². The minimum atomic E-state index is -0.486. The van der Waals surface area contributed by atoms with Crippen molar-refractivity contribution in [1.82, 2.24) is 0 Å². The number of hydrogen-bond donors (Lipinski definition) is 0. The van der Waals surface area contributed by atoms with Crippen LogP contribution in [-0.2, 0) is 0 Å². The SMILES string of the molecule is [O-]c1ccc(F)cc1Cl. The molecule has 3 heteroatoms. The molecule has 1 aromatic carbocycles. The summed E-state index contributed by atoms with van der Waals surface area (Å²) in [6.45, 7) is 0. The maximum Gasteiger partial charge on any atom is 0.124 e. The first-order valence-corrected chi connectivity index (χ1v) is 2.70.